The molecule has 0 saturated carbocycles. The fraction of sp³-hybridized carbons (Fsp3) is 0.222. The third kappa shape index (κ3) is 4.64. The first kappa shape index (κ1) is 17.1. The average Bonchev–Trinajstić information content (AvgIpc) is 3.10. The highest BCUT2D eigenvalue weighted by Crippen LogP contribution is 2.19. The first-order valence-corrected chi connectivity index (χ1v) is 8.27. The lowest BCUT2D eigenvalue weighted by molar-refractivity contribution is -0.121. The average molecular weight is 357 g/mol. The van der Waals surface area contributed by atoms with Gasteiger partial charge in [0.2, 0.25) is 17.6 Å². The molecule has 0 aliphatic rings. The van der Waals surface area contributed by atoms with E-state index in [9.17, 15) is 4.79 Å². The molecule has 7 heteroatoms. The molecule has 2 heterocycles. The molecule has 0 aliphatic heterocycles. The van der Waals surface area contributed by atoms with Gasteiger partial charge in [-0.05, 0) is 48.9 Å². The summed E-state index contributed by atoms with van der Waals surface area (Å²) in [6.07, 6.45) is 4.07. The van der Waals surface area contributed by atoms with Crippen molar-refractivity contribution < 1.29 is 9.32 Å². The van der Waals surface area contributed by atoms with Crippen molar-refractivity contribution in [1.82, 2.24) is 20.4 Å². The lowest BCUT2D eigenvalue weighted by atomic mass is 10.1. The summed E-state index contributed by atoms with van der Waals surface area (Å²) < 4.78 is 5.21. The summed E-state index contributed by atoms with van der Waals surface area (Å²) in [5.41, 5.74) is 1.82. The van der Waals surface area contributed by atoms with Gasteiger partial charge >= 0.3 is 0 Å². The van der Waals surface area contributed by atoms with Crippen LogP contribution in [-0.4, -0.2) is 21.0 Å². The molecule has 0 aliphatic carbocycles. The van der Waals surface area contributed by atoms with Crippen LogP contribution in [0.4, 0.5) is 0 Å². The van der Waals surface area contributed by atoms with Crippen LogP contribution in [0.1, 0.15) is 30.8 Å². The summed E-state index contributed by atoms with van der Waals surface area (Å²) in [6, 6.07) is 10.8. The van der Waals surface area contributed by atoms with Crippen molar-refractivity contribution in [3.63, 3.8) is 0 Å². The lowest BCUT2D eigenvalue weighted by Crippen LogP contribution is -2.26. The maximum Gasteiger partial charge on any atom is 0.227 e. The molecule has 0 radical (unpaired) electrons. The topological polar surface area (TPSA) is 80.9 Å². The van der Waals surface area contributed by atoms with Crippen LogP contribution in [-0.2, 0) is 11.2 Å². The Balaban J connectivity index is 1.53. The number of carbonyl (C=O) groups is 1. The first-order valence-electron chi connectivity index (χ1n) is 7.89. The van der Waals surface area contributed by atoms with Gasteiger partial charge in [-0.15, -0.1) is 0 Å². The van der Waals surface area contributed by atoms with Crippen LogP contribution in [0, 0.1) is 0 Å². The number of benzene rings is 1. The van der Waals surface area contributed by atoms with Crippen molar-refractivity contribution >= 4 is 17.5 Å². The van der Waals surface area contributed by atoms with Gasteiger partial charge in [0, 0.05) is 35.8 Å². The summed E-state index contributed by atoms with van der Waals surface area (Å²) in [5.74, 6) is 0.837. The fourth-order valence-electron chi connectivity index (χ4n) is 2.34. The summed E-state index contributed by atoms with van der Waals surface area (Å²) >= 11 is 5.86. The van der Waals surface area contributed by atoms with E-state index in [1.54, 1.807) is 24.5 Å². The van der Waals surface area contributed by atoms with E-state index >= 15 is 0 Å². The Bertz CT molecular complexity index is 834. The molecule has 0 saturated heterocycles. The van der Waals surface area contributed by atoms with Gasteiger partial charge < -0.3 is 9.84 Å². The SMILES string of the molecule is C[C@@H](NC(=O)CCc1nc(-c2ccc(Cl)cc2)no1)c1ccncc1. The molecule has 0 unspecified atom stereocenters. The third-order valence-corrected chi connectivity index (χ3v) is 3.97. The van der Waals surface area contributed by atoms with Crippen molar-refractivity contribution in [2.45, 2.75) is 25.8 Å². The van der Waals surface area contributed by atoms with E-state index in [2.05, 4.69) is 20.4 Å². The second-order valence-corrected chi connectivity index (χ2v) is 6.02. The number of nitrogens with zero attached hydrogens (tertiary/aromatic N) is 3. The molecule has 0 fully saturated rings. The second-order valence-electron chi connectivity index (χ2n) is 5.59. The Morgan fingerprint density at radius 2 is 1.92 bits per heavy atom. The molecule has 0 bridgehead atoms. The van der Waals surface area contributed by atoms with Crippen LogP contribution < -0.4 is 5.32 Å². The molecular formula is C18H17ClN4O2. The Hall–Kier alpha value is -2.73. The van der Waals surface area contributed by atoms with Gasteiger partial charge in [0.1, 0.15) is 0 Å². The summed E-state index contributed by atoms with van der Waals surface area (Å²) in [5, 5.41) is 7.52. The molecule has 2 aromatic heterocycles. The van der Waals surface area contributed by atoms with Crippen molar-refractivity contribution in [2.75, 3.05) is 0 Å². The van der Waals surface area contributed by atoms with Gasteiger partial charge in [0.05, 0.1) is 6.04 Å². The molecule has 128 valence electrons. The highest BCUT2D eigenvalue weighted by molar-refractivity contribution is 6.30. The standard InChI is InChI=1S/C18H17ClN4O2/c1-12(13-8-10-20-11-9-13)21-16(24)6-7-17-22-18(23-25-17)14-2-4-15(19)5-3-14/h2-5,8-12H,6-7H2,1H3,(H,21,24)/t12-/m1/s1. The fourth-order valence-corrected chi connectivity index (χ4v) is 2.47. The molecule has 3 aromatic rings. The molecule has 1 aromatic carbocycles. The Kier molecular flexibility index (Phi) is 5.40. The Morgan fingerprint density at radius 3 is 2.64 bits per heavy atom. The predicted octanol–water partition coefficient (Wildman–Crippen LogP) is 3.60. The number of aryl methyl sites for hydroxylation is 1. The maximum atomic E-state index is 12.1. The van der Waals surface area contributed by atoms with Gasteiger partial charge in [0.15, 0.2) is 0 Å². The number of aromatic nitrogens is 3. The van der Waals surface area contributed by atoms with Crippen molar-refractivity contribution in [2.24, 2.45) is 0 Å². The first-order chi connectivity index (χ1) is 12.1. The highest BCUT2D eigenvalue weighted by atomic mass is 35.5. The number of rotatable bonds is 6. The largest absolute Gasteiger partial charge is 0.350 e. The normalized spacial score (nSPS) is 11.9. The summed E-state index contributed by atoms with van der Waals surface area (Å²) in [7, 11) is 0. The maximum absolute atomic E-state index is 12.1. The van der Waals surface area contributed by atoms with E-state index in [1.165, 1.54) is 0 Å². The third-order valence-electron chi connectivity index (χ3n) is 3.72. The highest BCUT2D eigenvalue weighted by Gasteiger charge is 2.13. The zero-order chi connectivity index (χ0) is 17.6. The van der Waals surface area contributed by atoms with E-state index in [1.807, 2.05) is 31.2 Å². The van der Waals surface area contributed by atoms with E-state index in [-0.39, 0.29) is 18.4 Å². The number of nitrogens with one attached hydrogen (secondary N) is 1. The Labute approximate surface area is 150 Å². The van der Waals surface area contributed by atoms with Crippen LogP contribution >= 0.6 is 11.6 Å². The van der Waals surface area contributed by atoms with Gasteiger partial charge in [-0.3, -0.25) is 9.78 Å². The van der Waals surface area contributed by atoms with Crippen molar-refractivity contribution in [3.8, 4) is 11.4 Å². The van der Waals surface area contributed by atoms with Gasteiger partial charge in [0.25, 0.3) is 0 Å². The van der Waals surface area contributed by atoms with E-state index < -0.39 is 0 Å². The predicted molar refractivity (Wildman–Crippen MR) is 93.9 cm³/mol. The molecular weight excluding hydrogens is 340 g/mol. The monoisotopic (exact) mass is 356 g/mol. The number of pyridine rings is 1. The number of hydrogen-bond donors (Lipinski definition) is 1. The number of carbonyl (C=O) groups excluding carboxylic acids is 1. The Morgan fingerprint density at radius 1 is 1.20 bits per heavy atom. The second kappa shape index (κ2) is 7.90. The summed E-state index contributed by atoms with van der Waals surface area (Å²) in [4.78, 5) is 20.4. The van der Waals surface area contributed by atoms with Gasteiger partial charge in [-0.2, -0.15) is 4.98 Å². The quantitative estimate of drug-likeness (QED) is 0.729. The minimum Gasteiger partial charge on any atom is -0.350 e. The van der Waals surface area contributed by atoms with Crippen molar-refractivity contribution in [1.29, 1.82) is 0 Å². The molecule has 1 N–H and O–H groups in total. The zero-order valence-corrected chi connectivity index (χ0v) is 14.4. The van der Waals surface area contributed by atoms with Crippen LogP contribution in [0.2, 0.25) is 5.02 Å². The van der Waals surface area contributed by atoms with Crippen LogP contribution in [0.15, 0.2) is 53.3 Å². The lowest BCUT2D eigenvalue weighted by Gasteiger charge is -2.13. The number of halogens is 1. The van der Waals surface area contributed by atoms with Crippen LogP contribution in [0.3, 0.4) is 0 Å². The van der Waals surface area contributed by atoms with Crippen molar-refractivity contribution in [3.05, 3.63) is 65.3 Å². The molecule has 3 rings (SSSR count). The molecule has 25 heavy (non-hydrogen) atoms. The molecule has 1 atom stereocenters. The zero-order valence-electron chi connectivity index (χ0n) is 13.6. The minimum atomic E-state index is -0.0807. The van der Waals surface area contributed by atoms with Gasteiger partial charge in [-0.1, -0.05) is 16.8 Å². The molecule has 0 spiro atoms. The molecule has 6 nitrogen and oxygen atoms in total. The van der Waals surface area contributed by atoms with Crippen LogP contribution in [0.5, 0.6) is 0 Å². The van der Waals surface area contributed by atoms with E-state index in [0.717, 1.165) is 11.1 Å². The summed E-state index contributed by atoms with van der Waals surface area (Å²) in [6.45, 7) is 1.93. The number of amides is 1. The van der Waals surface area contributed by atoms with Crippen LogP contribution in [0.25, 0.3) is 11.4 Å². The molecule has 1 amide bonds. The van der Waals surface area contributed by atoms with E-state index in [4.69, 9.17) is 16.1 Å². The van der Waals surface area contributed by atoms with Gasteiger partial charge in [-0.25, -0.2) is 0 Å². The smallest absolute Gasteiger partial charge is 0.227 e. The van der Waals surface area contributed by atoms with E-state index in [0.29, 0.717) is 23.2 Å². The number of hydrogen-bond acceptors (Lipinski definition) is 5. The minimum absolute atomic E-state index is 0.0736.